The fraction of sp³-hybridized carbons (Fsp3) is 1.00. The van der Waals surface area contributed by atoms with Gasteiger partial charge in [0, 0.05) is 0 Å². The summed E-state index contributed by atoms with van der Waals surface area (Å²) in [6.07, 6.45) is 0. The Hall–Kier alpha value is 1.50. The molecule has 0 aromatic heterocycles. The normalized spacial score (nSPS) is 10.7. The molecule has 0 aliphatic carbocycles. The van der Waals surface area contributed by atoms with Gasteiger partial charge < -0.3 is 18.9 Å². The van der Waals surface area contributed by atoms with E-state index in [-0.39, 0.29) is 16.5 Å². The quantitative estimate of drug-likeness (QED) is 0.423. The van der Waals surface area contributed by atoms with Gasteiger partial charge in [-0.25, -0.2) is 0 Å². The molecule has 0 saturated carbocycles. The van der Waals surface area contributed by atoms with Crippen molar-refractivity contribution in [1.29, 1.82) is 0 Å². The Balaban J connectivity index is 3.17. The van der Waals surface area contributed by atoms with Gasteiger partial charge in [-0.1, -0.05) is 20.8 Å². The molecule has 34 valence electrons. The third-order valence-electron chi connectivity index (χ3n) is 0.401. The smallest absolute Gasteiger partial charge is 0.300 e. The maximum absolute atomic E-state index is 2.53. The Morgan fingerprint density at radius 3 is 1.50 bits per heavy atom. The van der Waals surface area contributed by atoms with Crippen molar-refractivity contribution in [1.82, 2.24) is 0 Å². The molecule has 0 aromatic rings. The molecule has 0 aliphatic rings. The lowest BCUT2D eigenvalue weighted by molar-refractivity contribution is 0.766. The average Bonchev–Trinajstić information content (AvgIpc) is 1.35. The number of rotatable bonds is 0. The topological polar surface area (TPSA) is 0 Å². The Labute approximate surface area is 59.2 Å². The summed E-state index contributed by atoms with van der Waals surface area (Å²) < 4.78 is 0.667. The van der Waals surface area contributed by atoms with Crippen molar-refractivity contribution < 1.29 is 0 Å². The lowest BCUT2D eigenvalue weighted by atomic mass is 10.2. The van der Waals surface area contributed by atoms with E-state index in [1.54, 1.807) is 0 Å². The van der Waals surface area contributed by atoms with Crippen LogP contribution in [0.3, 0.4) is 0 Å². The van der Waals surface area contributed by atoms with E-state index in [1.165, 1.54) is 0 Å². The molecule has 0 atom stereocenters. The molecule has 2 heteroatoms. The van der Waals surface area contributed by atoms with Gasteiger partial charge in [-0.05, 0) is 0 Å². The molecule has 0 spiro atoms. The number of hydrogen-bond donors (Lipinski definition) is 0. The van der Waals surface area contributed by atoms with Gasteiger partial charge in [0.2, 0.25) is 0 Å². The van der Waals surface area contributed by atoms with E-state index in [0.29, 0.717) is 3.54 Å². The van der Waals surface area contributed by atoms with Crippen LogP contribution in [-0.2, 0) is 0 Å². The Bertz CT molecular complexity index is 37.3. The van der Waals surface area contributed by atoms with Crippen LogP contribution in [0, 0.1) is 0 Å². The van der Waals surface area contributed by atoms with Gasteiger partial charge in [0.25, 0.3) is 0 Å². The summed E-state index contributed by atoms with van der Waals surface area (Å²) in [6, 6.07) is 0. The van der Waals surface area contributed by atoms with Crippen LogP contribution in [-0.4, -0.2) is 16.5 Å². The second kappa shape index (κ2) is 2.72. The predicted octanol–water partition coefficient (Wildman–Crippen LogP) is 2.26. The highest BCUT2D eigenvalue weighted by atomic mass is 127. The molecule has 0 aliphatic heterocycles. The summed E-state index contributed by atoms with van der Waals surface area (Å²) in [5, 5.41) is 0. The van der Waals surface area contributed by atoms with E-state index in [1.807, 2.05) is 0 Å². The van der Waals surface area contributed by atoms with E-state index >= 15 is 0 Å². The molecular formula is C4H9IMg. The number of halogens is 1. The monoisotopic (exact) mass is 208 g/mol. The van der Waals surface area contributed by atoms with Crippen molar-refractivity contribution in [3.8, 4) is 0 Å². The van der Waals surface area contributed by atoms with Gasteiger partial charge in [0.1, 0.15) is 0 Å². The molecule has 0 N–H and O–H groups in total. The second-order valence-electron chi connectivity index (χ2n) is 2.69. The molecule has 6 heavy (non-hydrogen) atoms. The highest BCUT2D eigenvalue weighted by molar-refractivity contribution is 14.1. The summed E-state index contributed by atoms with van der Waals surface area (Å²) >= 11 is 2.76. The Morgan fingerprint density at radius 1 is 1.33 bits per heavy atom. The largest absolute Gasteiger partial charge is 0.469 e. The molecule has 0 rings (SSSR count). The SMILES string of the molecule is C[C](C)(C)[Mg][I]. The summed E-state index contributed by atoms with van der Waals surface area (Å²) in [6.45, 7) is 6.89. The van der Waals surface area contributed by atoms with Crippen LogP contribution in [0.15, 0.2) is 0 Å². The van der Waals surface area contributed by atoms with E-state index in [4.69, 9.17) is 0 Å². The molecule has 0 saturated heterocycles. The first-order valence-electron chi connectivity index (χ1n) is 2.12. The van der Waals surface area contributed by atoms with Crippen molar-refractivity contribution in [3.05, 3.63) is 0 Å². The molecule has 0 bridgehead atoms. The molecule has 0 amide bonds. The molecule has 0 fully saturated rings. The average molecular weight is 208 g/mol. The highest BCUT2D eigenvalue weighted by Gasteiger charge is 2.10. The molecule has 0 unspecified atom stereocenters. The van der Waals surface area contributed by atoms with Gasteiger partial charge >= 0.3 is 16.5 Å². The first kappa shape index (κ1) is 7.50. The third kappa shape index (κ3) is 5.50. The molecule has 0 heterocycles. The maximum atomic E-state index is 2.53. The Kier molecular flexibility index (Phi) is 3.40. The van der Waals surface area contributed by atoms with Crippen LogP contribution in [0.1, 0.15) is 20.8 Å². The molecule has 0 nitrogen and oxygen atoms in total. The predicted molar refractivity (Wildman–Crippen MR) is 39.5 cm³/mol. The molecular weight excluding hydrogens is 199 g/mol. The zero-order valence-corrected chi connectivity index (χ0v) is 8.16. The van der Waals surface area contributed by atoms with Crippen molar-refractivity contribution in [2.24, 2.45) is 0 Å². The first-order chi connectivity index (χ1) is 2.56. The van der Waals surface area contributed by atoms with Gasteiger partial charge in [0.15, 0.2) is 0 Å². The summed E-state index contributed by atoms with van der Waals surface area (Å²) in [4.78, 5) is 0. The Morgan fingerprint density at radius 2 is 1.50 bits per heavy atom. The lowest BCUT2D eigenvalue weighted by Gasteiger charge is -2.10. The lowest BCUT2D eigenvalue weighted by Crippen LogP contribution is -1.99. The molecule has 0 aromatic carbocycles. The van der Waals surface area contributed by atoms with Crippen molar-refractivity contribution in [2.45, 2.75) is 24.3 Å². The standard InChI is InChI=1S/C4H9.HI.Mg/c1-4(2)3;;/h1-3H3;1H;/q;;+1/p-1. The number of hydrogen-bond acceptors (Lipinski definition) is 0. The zero-order chi connectivity index (χ0) is 5.21. The highest BCUT2D eigenvalue weighted by Crippen LogP contribution is 2.21. The minimum Gasteiger partial charge on any atom is -0.300 e. The van der Waals surface area contributed by atoms with Crippen LogP contribution in [0.4, 0.5) is 0 Å². The van der Waals surface area contributed by atoms with Crippen LogP contribution >= 0.6 is 18.9 Å². The third-order valence-corrected chi connectivity index (χ3v) is 8.07. The summed E-state index contributed by atoms with van der Waals surface area (Å²) in [5.41, 5.74) is 0. The van der Waals surface area contributed by atoms with E-state index in [2.05, 4.69) is 39.6 Å². The van der Waals surface area contributed by atoms with Gasteiger partial charge in [-0.2, -0.15) is 0 Å². The first-order valence-corrected chi connectivity index (χ1v) is 7.94. The van der Waals surface area contributed by atoms with E-state index in [9.17, 15) is 0 Å². The zero-order valence-electron chi connectivity index (χ0n) is 4.59. The van der Waals surface area contributed by atoms with Crippen molar-refractivity contribution in [3.63, 3.8) is 0 Å². The van der Waals surface area contributed by atoms with Gasteiger partial charge in [-0.15, -0.1) is 3.54 Å². The summed E-state index contributed by atoms with van der Waals surface area (Å²) in [5.74, 6) is 0. The summed E-state index contributed by atoms with van der Waals surface area (Å²) in [7, 11) is 0. The van der Waals surface area contributed by atoms with E-state index in [0.717, 1.165) is 0 Å². The molecule has 0 radical (unpaired) electrons. The maximum Gasteiger partial charge on any atom is 0.469 e. The van der Waals surface area contributed by atoms with Crippen LogP contribution < -0.4 is 0 Å². The van der Waals surface area contributed by atoms with Crippen LogP contribution in [0.2, 0.25) is 3.54 Å². The van der Waals surface area contributed by atoms with Crippen LogP contribution in [0.25, 0.3) is 0 Å². The van der Waals surface area contributed by atoms with Gasteiger partial charge in [0.05, 0.1) is 0 Å². The van der Waals surface area contributed by atoms with Crippen molar-refractivity contribution >= 4 is 35.3 Å². The fourth-order valence-electron chi connectivity index (χ4n) is 0. The minimum atomic E-state index is 0.222. The minimum absolute atomic E-state index is 0.222. The van der Waals surface area contributed by atoms with Gasteiger partial charge in [-0.3, -0.25) is 0 Å². The fourth-order valence-corrected chi connectivity index (χ4v) is 0. The second-order valence-corrected chi connectivity index (χ2v) is 7.37. The van der Waals surface area contributed by atoms with Crippen molar-refractivity contribution in [2.75, 3.05) is 0 Å². The van der Waals surface area contributed by atoms with Crippen LogP contribution in [0.5, 0.6) is 0 Å². The van der Waals surface area contributed by atoms with E-state index < -0.39 is 0 Å².